The molecule has 0 saturated carbocycles. The smallest absolute Gasteiger partial charge is 0.0468 e. The van der Waals surface area contributed by atoms with E-state index in [0.717, 1.165) is 28.4 Å². The molecular formula is C59H48N2. The van der Waals surface area contributed by atoms with Crippen LogP contribution in [-0.4, -0.2) is 0 Å². The van der Waals surface area contributed by atoms with Crippen molar-refractivity contribution in [2.45, 2.75) is 45.4 Å². The molecule has 2 nitrogen and oxygen atoms in total. The molecule has 11 rings (SSSR count). The van der Waals surface area contributed by atoms with Gasteiger partial charge >= 0.3 is 0 Å². The zero-order chi connectivity index (χ0) is 41.5. The normalized spacial score (nSPS) is 14.5. The van der Waals surface area contributed by atoms with Gasteiger partial charge in [0.05, 0.1) is 0 Å². The fourth-order valence-corrected chi connectivity index (χ4v) is 10.4. The summed E-state index contributed by atoms with van der Waals surface area (Å²) in [6.45, 7) is 11.8. The first-order chi connectivity index (χ1) is 29.7. The third-order valence-corrected chi connectivity index (χ3v) is 13.4. The van der Waals surface area contributed by atoms with Crippen LogP contribution in [0.3, 0.4) is 0 Å². The second kappa shape index (κ2) is 14.0. The molecule has 0 atom stereocenters. The lowest BCUT2D eigenvalue weighted by molar-refractivity contribution is 0.694. The SMILES string of the molecule is Cc1ccc(N(c2ccccc2)c2ccc3c(ccc4cc(-c5ccc6c(c5)C(C)(C)C5=C6C(C)(C)c6cc(N(c7ccccc7)c7ccccc7)ccc65)ccc43)c2)cc1. The lowest BCUT2D eigenvalue weighted by atomic mass is 9.75. The molecular weight excluding hydrogens is 737 g/mol. The minimum absolute atomic E-state index is 0.153. The Bertz CT molecular complexity index is 3140. The standard InChI is InChI=1S/C59H48N2/c1-39-21-27-47(28-22-39)61(46-19-13-8-14-20-46)48-29-33-51-43(36-48)24-23-42-35-40(25-31-50(42)51)41-26-32-52-54(37-41)58(2,3)57-53-34-30-49(38-55(53)59(4,5)56(52)57)60(44-15-9-6-10-16-44)45-17-11-7-12-18-45/h6-38H,1-5H3. The second-order valence-electron chi connectivity index (χ2n) is 17.9. The van der Waals surface area contributed by atoms with Gasteiger partial charge in [-0.2, -0.15) is 0 Å². The van der Waals surface area contributed by atoms with Crippen LogP contribution in [0.1, 0.15) is 55.5 Å². The summed E-state index contributed by atoms with van der Waals surface area (Å²) in [7, 11) is 0. The zero-order valence-corrected chi connectivity index (χ0v) is 35.4. The van der Waals surface area contributed by atoms with Gasteiger partial charge in [-0.15, -0.1) is 0 Å². The number of allylic oxidation sites excluding steroid dienone is 2. The first-order valence-electron chi connectivity index (χ1n) is 21.5. The minimum Gasteiger partial charge on any atom is -0.310 e. The summed E-state index contributed by atoms with van der Waals surface area (Å²) in [5, 5.41) is 5.02. The molecule has 0 amide bonds. The number of fused-ring (bicyclic) bond motifs is 7. The zero-order valence-electron chi connectivity index (χ0n) is 35.4. The highest BCUT2D eigenvalue weighted by Crippen LogP contribution is 2.63. The van der Waals surface area contributed by atoms with Crippen molar-refractivity contribution >= 4 is 66.8 Å². The van der Waals surface area contributed by atoms with Gasteiger partial charge in [0.15, 0.2) is 0 Å². The number of benzene rings is 9. The van der Waals surface area contributed by atoms with Crippen LogP contribution in [0.5, 0.6) is 0 Å². The molecule has 0 unspecified atom stereocenters. The van der Waals surface area contributed by atoms with Crippen LogP contribution in [0.25, 0.3) is 43.8 Å². The van der Waals surface area contributed by atoms with E-state index < -0.39 is 0 Å². The quantitative estimate of drug-likeness (QED) is 0.149. The van der Waals surface area contributed by atoms with E-state index in [1.54, 1.807) is 0 Å². The van der Waals surface area contributed by atoms with E-state index in [9.17, 15) is 0 Å². The van der Waals surface area contributed by atoms with Crippen LogP contribution in [0, 0.1) is 6.92 Å². The van der Waals surface area contributed by atoms with Crippen LogP contribution in [0.15, 0.2) is 200 Å². The third-order valence-electron chi connectivity index (χ3n) is 13.4. The number of rotatable bonds is 7. The number of anilines is 6. The van der Waals surface area contributed by atoms with E-state index in [-0.39, 0.29) is 10.8 Å². The first-order valence-corrected chi connectivity index (χ1v) is 21.5. The Morgan fingerprint density at radius 1 is 0.328 bits per heavy atom. The molecule has 0 fully saturated rings. The van der Waals surface area contributed by atoms with Crippen molar-refractivity contribution in [3.05, 3.63) is 228 Å². The summed E-state index contributed by atoms with van der Waals surface area (Å²) >= 11 is 0. The van der Waals surface area contributed by atoms with Crippen molar-refractivity contribution in [3.8, 4) is 11.1 Å². The average Bonchev–Trinajstić information content (AvgIpc) is 3.68. The molecule has 0 saturated heterocycles. The van der Waals surface area contributed by atoms with Gasteiger partial charge in [0.1, 0.15) is 0 Å². The van der Waals surface area contributed by atoms with Gasteiger partial charge in [-0.25, -0.2) is 0 Å². The molecule has 0 spiro atoms. The molecule has 294 valence electrons. The summed E-state index contributed by atoms with van der Waals surface area (Å²) in [6.07, 6.45) is 0. The predicted molar refractivity (Wildman–Crippen MR) is 260 cm³/mol. The number of aryl methyl sites for hydroxylation is 1. The van der Waals surface area contributed by atoms with E-state index in [4.69, 9.17) is 0 Å². The van der Waals surface area contributed by atoms with E-state index >= 15 is 0 Å². The van der Waals surface area contributed by atoms with E-state index in [1.165, 1.54) is 77.3 Å². The summed E-state index contributed by atoms with van der Waals surface area (Å²) < 4.78 is 0. The van der Waals surface area contributed by atoms with E-state index in [2.05, 4.69) is 245 Å². The lowest BCUT2D eigenvalue weighted by Gasteiger charge is -2.31. The highest BCUT2D eigenvalue weighted by atomic mass is 15.1. The fraction of sp³-hybridized carbons (Fsp3) is 0.119. The topological polar surface area (TPSA) is 6.48 Å². The Labute approximate surface area is 359 Å². The van der Waals surface area contributed by atoms with E-state index in [0.29, 0.717) is 0 Å². The van der Waals surface area contributed by atoms with Crippen LogP contribution in [0.2, 0.25) is 0 Å². The lowest BCUT2D eigenvalue weighted by Crippen LogP contribution is -2.20. The van der Waals surface area contributed by atoms with Crippen LogP contribution < -0.4 is 9.80 Å². The second-order valence-corrected chi connectivity index (χ2v) is 17.9. The molecule has 2 aliphatic rings. The Morgan fingerprint density at radius 2 is 0.721 bits per heavy atom. The summed E-state index contributed by atoms with van der Waals surface area (Å²) in [6, 6.07) is 73.7. The maximum Gasteiger partial charge on any atom is 0.0468 e. The molecule has 0 heterocycles. The average molecular weight is 785 g/mol. The molecule has 61 heavy (non-hydrogen) atoms. The molecule has 0 radical (unpaired) electrons. The van der Waals surface area contributed by atoms with Crippen molar-refractivity contribution in [1.82, 2.24) is 0 Å². The summed E-state index contributed by atoms with van der Waals surface area (Å²) in [5.74, 6) is 0. The molecule has 2 aliphatic carbocycles. The van der Waals surface area contributed by atoms with Crippen molar-refractivity contribution in [2.75, 3.05) is 9.80 Å². The Morgan fingerprint density at radius 3 is 1.28 bits per heavy atom. The number of para-hydroxylation sites is 3. The Kier molecular flexibility index (Phi) is 8.44. The maximum absolute atomic E-state index is 2.47. The molecule has 0 N–H and O–H groups in total. The highest BCUT2D eigenvalue weighted by molar-refractivity contribution is 6.11. The third kappa shape index (κ3) is 5.92. The summed E-state index contributed by atoms with van der Waals surface area (Å²) in [4.78, 5) is 4.72. The molecule has 0 bridgehead atoms. The Hall–Kier alpha value is -7.16. The molecule has 9 aromatic carbocycles. The van der Waals surface area contributed by atoms with Crippen molar-refractivity contribution in [1.29, 1.82) is 0 Å². The van der Waals surface area contributed by atoms with Gasteiger partial charge in [0.2, 0.25) is 0 Å². The minimum atomic E-state index is -0.161. The van der Waals surface area contributed by atoms with Gasteiger partial charge in [-0.3, -0.25) is 0 Å². The van der Waals surface area contributed by atoms with Gasteiger partial charge in [-0.1, -0.05) is 149 Å². The van der Waals surface area contributed by atoms with Crippen molar-refractivity contribution < 1.29 is 0 Å². The molecule has 2 heteroatoms. The Balaban J connectivity index is 0.932. The number of hydrogen-bond donors (Lipinski definition) is 0. The summed E-state index contributed by atoms with van der Waals surface area (Å²) in [5.41, 5.74) is 18.9. The van der Waals surface area contributed by atoms with Crippen LogP contribution >= 0.6 is 0 Å². The van der Waals surface area contributed by atoms with Gasteiger partial charge in [0, 0.05) is 45.0 Å². The van der Waals surface area contributed by atoms with Crippen molar-refractivity contribution in [3.63, 3.8) is 0 Å². The van der Waals surface area contributed by atoms with Gasteiger partial charge < -0.3 is 9.80 Å². The predicted octanol–water partition coefficient (Wildman–Crippen LogP) is 16.4. The monoisotopic (exact) mass is 784 g/mol. The first kappa shape index (κ1) is 36.9. The maximum atomic E-state index is 2.47. The van der Waals surface area contributed by atoms with E-state index in [1.807, 2.05) is 0 Å². The fourth-order valence-electron chi connectivity index (χ4n) is 10.4. The molecule has 9 aromatic rings. The highest BCUT2D eigenvalue weighted by Gasteiger charge is 2.50. The molecule has 0 aliphatic heterocycles. The number of nitrogens with zero attached hydrogens (tertiary/aromatic N) is 2. The molecule has 0 aromatic heterocycles. The number of hydrogen-bond acceptors (Lipinski definition) is 2. The van der Waals surface area contributed by atoms with Crippen LogP contribution in [-0.2, 0) is 10.8 Å². The van der Waals surface area contributed by atoms with Crippen LogP contribution in [0.4, 0.5) is 34.1 Å². The largest absolute Gasteiger partial charge is 0.310 e. The van der Waals surface area contributed by atoms with Crippen molar-refractivity contribution in [2.24, 2.45) is 0 Å². The van der Waals surface area contributed by atoms with Gasteiger partial charge in [-0.05, 0) is 158 Å². The van der Waals surface area contributed by atoms with Gasteiger partial charge in [0.25, 0.3) is 0 Å².